The fourth-order valence-electron chi connectivity index (χ4n) is 2.50. The molecule has 0 saturated carbocycles. The van der Waals surface area contributed by atoms with Crippen LogP contribution in [0.4, 0.5) is 0 Å². The van der Waals surface area contributed by atoms with Crippen molar-refractivity contribution in [2.24, 2.45) is 0 Å². The van der Waals surface area contributed by atoms with Crippen molar-refractivity contribution in [2.45, 2.75) is 13.1 Å². The summed E-state index contributed by atoms with van der Waals surface area (Å²) in [7, 11) is 0. The van der Waals surface area contributed by atoms with Gasteiger partial charge in [-0.3, -0.25) is 0 Å². The van der Waals surface area contributed by atoms with E-state index in [9.17, 15) is 10.2 Å². The SMILES string of the molecule is Oc1cccc(CNCc2cccc3ccccc23)c1O. The highest BCUT2D eigenvalue weighted by Gasteiger charge is 2.05. The average Bonchev–Trinajstić information content (AvgIpc) is 2.52. The summed E-state index contributed by atoms with van der Waals surface area (Å²) in [5.74, 6) is -0.137. The van der Waals surface area contributed by atoms with Gasteiger partial charge in [0, 0.05) is 18.7 Å². The van der Waals surface area contributed by atoms with E-state index in [4.69, 9.17) is 0 Å². The summed E-state index contributed by atoms with van der Waals surface area (Å²) >= 11 is 0. The monoisotopic (exact) mass is 279 g/mol. The van der Waals surface area contributed by atoms with E-state index in [0.29, 0.717) is 18.7 Å². The Kier molecular flexibility index (Phi) is 3.75. The second kappa shape index (κ2) is 5.85. The van der Waals surface area contributed by atoms with E-state index in [0.717, 1.165) is 0 Å². The van der Waals surface area contributed by atoms with Crippen molar-refractivity contribution in [3.63, 3.8) is 0 Å². The Morgan fingerprint density at radius 1 is 0.714 bits per heavy atom. The van der Waals surface area contributed by atoms with E-state index in [1.165, 1.54) is 22.4 Å². The molecule has 0 radical (unpaired) electrons. The molecule has 0 aliphatic heterocycles. The Balaban J connectivity index is 1.74. The van der Waals surface area contributed by atoms with Crippen LogP contribution in [0.1, 0.15) is 11.1 Å². The molecule has 3 heteroatoms. The maximum atomic E-state index is 9.78. The van der Waals surface area contributed by atoms with Crippen molar-refractivity contribution >= 4 is 10.8 Å². The Hall–Kier alpha value is -2.52. The van der Waals surface area contributed by atoms with Gasteiger partial charge in [0.25, 0.3) is 0 Å². The molecular formula is C18H17NO2. The number of para-hydroxylation sites is 1. The maximum Gasteiger partial charge on any atom is 0.161 e. The molecule has 0 aliphatic rings. The van der Waals surface area contributed by atoms with E-state index >= 15 is 0 Å². The van der Waals surface area contributed by atoms with Crippen LogP contribution in [0.3, 0.4) is 0 Å². The molecule has 3 N–H and O–H groups in total. The smallest absolute Gasteiger partial charge is 0.161 e. The Bertz CT molecular complexity index is 763. The van der Waals surface area contributed by atoms with Gasteiger partial charge < -0.3 is 15.5 Å². The van der Waals surface area contributed by atoms with Gasteiger partial charge in [0.15, 0.2) is 11.5 Å². The first-order valence-electron chi connectivity index (χ1n) is 6.93. The summed E-state index contributed by atoms with van der Waals surface area (Å²) < 4.78 is 0. The number of benzene rings is 3. The molecule has 21 heavy (non-hydrogen) atoms. The number of aromatic hydroxyl groups is 2. The van der Waals surface area contributed by atoms with E-state index in [2.05, 4.69) is 29.6 Å². The molecule has 3 aromatic carbocycles. The van der Waals surface area contributed by atoms with Crippen molar-refractivity contribution in [2.75, 3.05) is 0 Å². The summed E-state index contributed by atoms with van der Waals surface area (Å²) in [5.41, 5.74) is 1.91. The van der Waals surface area contributed by atoms with Crippen LogP contribution in [0.5, 0.6) is 11.5 Å². The quantitative estimate of drug-likeness (QED) is 0.640. The minimum absolute atomic E-state index is 0.0529. The normalized spacial score (nSPS) is 10.9. The van der Waals surface area contributed by atoms with Crippen LogP contribution >= 0.6 is 0 Å². The van der Waals surface area contributed by atoms with E-state index in [-0.39, 0.29) is 11.5 Å². The third-order valence-electron chi connectivity index (χ3n) is 3.61. The minimum Gasteiger partial charge on any atom is -0.504 e. The molecule has 0 unspecified atom stereocenters. The van der Waals surface area contributed by atoms with Gasteiger partial charge in [0.05, 0.1) is 0 Å². The van der Waals surface area contributed by atoms with Crippen LogP contribution in [-0.2, 0) is 13.1 Å². The van der Waals surface area contributed by atoms with Gasteiger partial charge >= 0.3 is 0 Å². The van der Waals surface area contributed by atoms with Crippen LogP contribution in [-0.4, -0.2) is 10.2 Å². The molecule has 0 heterocycles. The first-order valence-corrected chi connectivity index (χ1v) is 6.93. The third kappa shape index (κ3) is 2.83. The number of hydrogen-bond donors (Lipinski definition) is 3. The largest absolute Gasteiger partial charge is 0.504 e. The molecule has 3 rings (SSSR count). The van der Waals surface area contributed by atoms with Crippen molar-refractivity contribution < 1.29 is 10.2 Å². The number of nitrogens with one attached hydrogen (secondary N) is 1. The maximum absolute atomic E-state index is 9.78. The molecule has 0 saturated heterocycles. The number of phenolic OH excluding ortho intramolecular Hbond substituents is 2. The molecule has 0 atom stereocenters. The Labute approximate surface area is 123 Å². The standard InChI is InChI=1S/C18H17NO2/c20-17-10-4-8-15(18(17)21)12-19-11-14-7-3-6-13-5-1-2-9-16(13)14/h1-10,19-21H,11-12H2. The fraction of sp³-hybridized carbons (Fsp3) is 0.111. The number of phenols is 2. The van der Waals surface area contributed by atoms with Crippen LogP contribution in [0, 0.1) is 0 Å². The second-order valence-electron chi connectivity index (χ2n) is 5.03. The van der Waals surface area contributed by atoms with Crippen molar-refractivity contribution in [3.8, 4) is 11.5 Å². The Morgan fingerprint density at radius 2 is 1.38 bits per heavy atom. The lowest BCUT2D eigenvalue weighted by Crippen LogP contribution is -2.13. The summed E-state index contributed by atoms with van der Waals surface area (Å²) in [4.78, 5) is 0. The molecule has 0 amide bonds. The summed E-state index contributed by atoms with van der Waals surface area (Å²) in [6.45, 7) is 1.21. The summed E-state index contributed by atoms with van der Waals surface area (Å²) in [5, 5.41) is 25.0. The van der Waals surface area contributed by atoms with E-state index in [1.54, 1.807) is 12.1 Å². The number of rotatable bonds is 4. The lowest BCUT2D eigenvalue weighted by Gasteiger charge is -2.10. The van der Waals surface area contributed by atoms with Crippen molar-refractivity contribution in [1.82, 2.24) is 5.32 Å². The third-order valence-corrected chi connectivity index (χ3v) is 3.61. The lowest BCUT2D eigenvalue weighted by atomic mass is 10.0. The molecule has 0 fully saturated rings. The minimum atomic E-state index is -0.0838. The predicted octanol–water partition coefficient (Wildman–Crippen LogP) is 3.54. The fourth-order valence-corrected chi connectivity index (χ4v) is 2.50. The lowest BCUT2D eigenvalue weighted by molar-refractivity contribution is 0.397. The van der Waals surface area contributed by atoms with Gasteiger partial charge in [0.1, 0.15) is 0 Å². The van der Waals surface area contributed by atoms with Crippen LogP contribution in [0.25, 0.3) is 10.8 Å². The summed E-state index contributed by atoms with van der Waals surface area (Å²) in [6, 6.07) is 19.5. The van der Waals surface area contributed by atoms with Crippen molar-refractivity contribution in [1.29, 1.82) is 0 Å². The molecule has 0 aromatic heterocycles. The van der Waals surface area contributed by atoms with Crippen LogP contribution in [0.2, 0.25) is 0 Å². The van der Waals surface area contributed by atoms with Gasteiger partial charge in [0.2, 0.25) is 0 Å². The second-order valence-corrected chi connectivity index (χ2v) is 5.03. The average molecular weight is 279 g/mol. The van der Waals surface area contributed by atoms with Crippen LogP contribution in [0.15, 0.2) is 60.7 Å². The van der Waals surface area contributed by atoms with Crippen molar-refractivity contribution in [3.05, 3.63) is 71.8 Å². The molecular weight excluding hydrogens is 262 g/mol. The zero-order valence-corrected chi connectivity index (χ0v) is 11.6. The van der Waals surface area contributed by atoms with Gasteiger partial charge in [-0.25, -0.2) is 0 Å². The first kappa shape index (κ1) is 13.5. The highest BCUT2D eigenvalue weighted by molar-refractivity contribution is 5.85. The zero-order valence-electron chi connectivity index (χ0n) is 11.6. The molecule has 3 nitrogen and oxygen atoms in total. The highest BCUT2D eigenvalue weighted by atomic mass is 16.3. The van der Waals surface area contributed by atoms with Gasteiger partial charge in [-0.15, -0.1) is 0 Å². The topological polar surface area (TPSA) is 52.5 Å². The molecule has 0 aliphatic carbocycles. The van der Waals surface area contributed by atoms with Gasteiger partial charge in [-0.05, 0) is 22.4 Å². The molecule has 0 bridgehead atoms. The summed E-state index contributed by atoms with van der Waals surface area (Å²) in [6.07, 6.45) is 0. The zero-order chi connectivity index (χ0) is 14.7. The molecule has 106 valence electrons. The highest BCUT2D eigenvalue weighted by Crippen LogP contribution is 2.28. The first-order chi connectivity index (χ1) is 10.3. The number of fused-ring (bicyclic) bond motifs is 1. The number of hydrogen-bond acceptors (Lipinski definition) is 3. The van der Waals surface area contributed by atoms with Gasteiger partial charge in [-0.2, -0.15) is 0 Å². The van der Waals surface area contributed by atoms with E-state index < -0.39 is 0 Å². The predicted molar refractivity (Wildman–Crippen MR) is 84.3 cm³/mol. The van der Waals surface area contributed by atoms with Crippen LogP contribution < -0.4 is 5.32 Å². The van der Waals surface area contributed by atoms with E-state index in [1.807, 2.05) is 18.2 Å². The molecule has 3 aromatic rings. The van der Waals surface area contributed by atoms with Gasteiger partial charge in [-0.1, -0.05) is 54.6 Å². The molecule has 0 spiro atoms. The Morgan fingerprint density at radius 3 is 2.29 bits per heavy atom.